The van der Waals surface area contributed by atoms with E-state index in [2.05, 4.69) is 14.8 Å². The molecule has 0 unspecified atom stereocenters. The number of fused-ring (bicyclic) bond motifs is 1. The molecule has 0 saturated heterocycles. The molecule has 0 aliphatic carbocycles. The average molecular weight is 345 g/mol. The molecule has 3 aromatic rings. The lowest BCUT2D eigenvalue weighted by Crippen LogP contribution is -2.24. The summed E-state index contributed by atoms with van der Waals surface area (Å²) < 4.78 is 28.9. The second kappa shape index (κ2) is 6.58. The number of unbranched alkanes of at least 4 members (excludes halogenated alkanes) is 1. The van der Waals surface area contributed by atoms with Crippen molar-refractivity contribution in [3.63, 3.8) is 0 Å². The molecule has 0 atom stereocenters. The topological polar surface area (TPSA) is 102 Å². The molecule has 24 heavy (non-hydrogen) atoms. The van der Waals surface area contributed by atoms with Crippen molar-refractivity contribution in [1.82, 2.24) is 19.3 Å². The molecule has 7 nitrogen and oxygen atoms in total. The van der Waals surface area contributed by atoms with Crippen LogP contribution in [0, 0.1) is 0 Å². The maximum Gasteiger partial charge on any atom is 0.240 e. The van der Waals surface area contributed by atoms with Crippen LogP contribution >= 0.6 is 0 Å². The van der Waals surface area contributed by atoms with Crippen molar-refractivity contribution in [1.29, 1.82) is 0 Å². The largest absolute Gasteiger partial charge is 0.382 e. The minimum Gasteiger partial charge on any atom is -0.382 e. The second-order valence-corrected chi connectivity index (χ2v) is 7.23. The Labute approximate surface area is 140 Å². The SMILES string of the molecule is CCCCNS(=O)(=O)c1cccc(-c2ccc3nc(N)cn3n2)c1. The molecule has 0 bridgehead atoms. The maximum absolute atomic E-state index is 12.3. The number of benzene rings is 1. The molecule has 3 N–H and O–H groups in total. The summed E-state index contributed by atoms with van der Waals surface area (Å²) >= 11 is 0. The molecular formula is C16H19N5O2S. The second-order valence-electron chi connectivity index (χ2n) is 5.47. The van der Waals surface area contributed by atoms with E-state index in [9.17, 15) is 8.42 Å². The van der Waals surface area contributed by atoms with Gasteiger partial charge >= 0.3 is 0 Å². The van der Waals surface area contributed by atoms with Crippen LogP contribution < -0.4 is 10.5 Å². The van der Waals surface area contributed by atoms with Crippen molar-refractivity contribution in [3.8, 4) is 11.3 Å². The van der Waals surface area contributed by atoms with Gasteiger partial charge in [0.05, 0.1) is 16.8 Å². The zero-order chi connectivity index (χ0) is 17.2. The van der Waals surface area contributed by atoms with Crippen molar-refractivity contribution in [2.75, 3.05) is 12.3 Å². The molecule has 0 amide bonds. The third kappa shape index (κ3) is 3.39. The molecule has 0 aliphatic heterocycles. The number of nitrogens with zero attached hydrogens (tertiary/aromatic N) is 3. The molecule has 0 radical (unpaired) electrons. The van der Waals surface area contributed by atoms with E-state index in [1.54, 1.807) is 41.0 Å². The first-order valence-electron chi connectivity index (χ1n) is 7.71. The number of aromatic nitrogens is 3. The standard InChI is InChI=1S/C16H19N5O2S/c1-2-3-9-18-24(22,23)13-6-4-5-12(10-13)14-7-8-16-19-15(17)11-21(16)20-14/h4-8,10-11,18H,2-3,9,17H2,1H3. The van der Waals surface area contributed by atoms with Crippen LogP contribution in [0.2, 0.25) is 0 Å². The van der Waals surface area contributed by atoms with E-state index in [1.165, 1.54) is 0 Å². The predicted octanol–water partition coefficient (Wildman–Crippen LogP) is 2.06. The van der Waals surface area contributed by atoms with E-state index < -0.39 is 10.0 Å². The normalized spacial score (nSPS) is 11.9. The van der Waals surface area contributed by atoms with Crippen molar-refractivity contribution >= 4 is 21.5 Å². The van der Waals surface area contributed by atoms with E-state index in [0.29, 0.717) is 29.3 Å². The first-order chi connectivity index (χ1) is 11.5. The Kier molecular flexibility index (Phi) is 4.50. The summed E-state index contributed by atoms with van der Waals surface area (Å²) in [6, 6.07) is 10.3. The summed E-state index contributed by atoms with van der Waals surface area (Å²) in [5.74, 6) is 0.385. The Morgan fingerprint density at radius 3 is 2.88 bits per heavy atom. The van der Waals surface area contributed by atoms with Crippen LogP contribution in [0.1, 0.15) is 19.8 Å². The van der Waals surface area contributed by atoms with E-state index in [4.69, 9.17) is 5.73 Å². The molecule has 2 aromatic heterocycles. The lowest BCUT2D eigenvalue weighted by Gasteiger charge is -2.08. The first-order valence-corrected chi connectivity index (χ1v) is 9.20. The molecule has 0 fully saturated rings. The van der Waals surface area contributed by atoms with Crippen molar-refractivity contribution < 1.29 is 8.42 Å². The Morgan fingerprint density at radius 2 is 2.08 bits per heavy atom. The van der Waals surface area contributed by atoms with Crippen LogP contribution in [-0.4, -0.2) is 29.6 Å². The summed E-state index contributed by atoms with van der Waals surface area (Å²) in [5.41, 5.74) is 7.65. The summed E-state index contributed by atoms with van der Waals surface area (Å²) in [6.45, 7) is 2.45. The van der Waals surface area contributed by atoms with Crippen LogP contribution in [0.3, 0.4) is 0 Å². The van der Waals surface area contributed by atoms with E-state index in [-0.39, 0.29) is 4.90 Å². The fourth-order valence-corrected chi connectivity index (χ4v) is 3.46. The molecule has 0 aliphatic rings. The molecular weight excluding hydrogens is 326 g/mol. The Bertz CT molecular complexity index is 966. The van der Waals surface area contributed by atoms with Crippen LogP contribution in [0.5, 0.6) is 0 Å². The molecule has 0 spiro atoms. The number of sulfonamides is 1. The highest BCUT2D eigenvalue weighted by atomic mass is 32.2. The lowest BCUT2D eigenvalue weighted by atomic mass is 10.1. The Morgan fingerprint density at radius 1 is 1.25 bits per heavy atom. The molecule has 2 heterocycles. The highest BCUT2D eigenvalue weighted by molar-refractivity contribution is 7.89. The highest BCUT2D eigenvalue weighted by Crippen LogP contribution is 2.21. The van der Waals surface area contributed by atoms with E-state index in [0.717, 1.165) is 12.8 Å². The molecule has 126 valence electrons. The van der Waals surface area contributed by atoms with Gasteiger partial charge in [-0.3, -0.25) is 0 Å². The number of nitrogen functional groups attached to an aromatic ring is 1. The minimum absolute atomic E-state index is 0.225. The number of hydrogen-bond donors (Lipinski definition) is 2. The summed E-state index contributed by atoms with van der Waals surface area (Å²) in [6.07, 6.45) is 3.35. The van der Waals surface area contributed by atoms with Gasteiger partial charge in [0.15, 0.2) is 5.65 Å². The molecule has 8 heteroatoms. The van der Waals surface area contributed by atoms with E-state index >= 15 is 0 Å². The smallest absolute Gasteiger partial charge is 0.240 e. The van der Waals surface area contributed by atoms with Crippen molar-refractivity contribution in [3.05, 3.63) is 42.6 Å². The van der Waals surface area contributed by atoms with Crippen molar-refractivity contribution in [2.45, 2.75) is 24.7 Å². The van der Waals surface area contributed by atoms with Gasteiger partial charge < -0.3 is 5.73 Å². The molecule has 3 rings (SSSR count). The fourth-order valence-electron chi connectivity index (χ4n) is 2.34. The lowest BCUT2D eigenvalue weighted by molar-refractivity contribution is 0.578. The minimum atomic E-state index is -3.52. The van der Waals surface area contributed by atoms with Gasteiger partial charge in [-0.25, -0.2) is 22.6 Å². The zero-order valence-electron chi connectivity index (χ0n) is 13.3. The quantitative estimate of drug-likeness (QED) is 0.666. The number of nitrogens with one attached hydrogen (secondary N) is 1. The molecule has 0 saturated carbocycles. The van der Waals surface area contributed by atoms with Gasteiger partial charge in [0.1, 0.15) is 5.82 Å². The van der Waals surface area contributed by atoms with Gasteiger partial charge in [0.2, 0.25) is 10.0 Å². The Hall–Kier alpha value is -2.45. The highest BCUT2D eigenvalue weighted by Gasteiger charge is 2.14. The predicted molar refractivity (Wildman–Crippen MR) is 92.9 cm³/mol. The van der Waals surface area contributed by atoms with Gasteiger partial charge in [0.25, 0.3) is 0 Å². The van der Waals surface area contributed by atoms with Gasteiger partial charge in [0, 0.05) is 12.1 Å². The summed E-state index contributed by atoms with van der Waals surface area (Å²) in [4.78, 5) is 4.34. The van der Waals surface area contributed by atoms with Crippen molar-refractivity contribution in [2.24, 2.45) is 0 Å². The summed E-state index contributed by atoms with van der Waals surface area (Å²) in [7, 11) is -3.52. The van der Waals surface area contributed by atoms with Crippen LogP contribution in [0.15, 0.2) is 47.5 Å². The number of anilines is 1. The van der Waals surface area contributed by atoms with Gasteiger partial charge in [-0.15, -0.1) is 0 Å². The fraction of sp³-hybridized carbons (Fsp3) is 0.250. The van der Waals surface area contributed by atoms with Gasteiger partial charge in [-0.05, 0) is 30.7 Å². The van der Waals surface area contributed by atoms with Crippen LogP contribution in [0.4, 0.5) is 5.82 Å². The van der Waals surface area contributed by atoms with Crippen LogP contribution in [0.25, 0.3) is 16.9 Å². The Balaban J connectivity index is 1.94. The number of hydrogen-bond acceptors (Lipinski definition) is 5. The third-order valence-corrected chi connectivity index (χ3v) is 5.06. The average Bonchev–Trinajstić information content (AvgIpc) is 2.94. The number of rotatable bonds is 6. The number of imidazole rings is 1. The number of nitrogens with two attached hydrogens (primary N) is 1. The van der Waals surface area contributed by atoms with Gasteiger partial charge in [-0.2, -0.15) is 5.10 Å². The molecule has 1 aromatic carbocycles. The monoisotopic (exact) mass is 345 g/mol. The maximum atomic E-state index is 12.3. The third-order valence-electron chi connectivity index (χ3n) is 3.60. The first kappa shape index (κ1) is 16.4. The summed E-state index contributed by atoms with van der Waals surface area (Å²) in [5, 5.41) is 4.42. The van der Waals surface area contributed by atoms with Crippen LogP contribution in [-0.2, 0) is 10.0 Å². The zero-order valence-corrected chi connectivity index (χ0v) is 14.1. The van der Waals surface area contributed by atoms with Gasteiger partial charge in [-0.1, -0.05) is 25.5 Å². The van der Waals surface area contributed by atoms with E-state index in [1.807, 2.05) is 13.0 Å².